The number of aryl methyl sites for hydroxylation is 1. The summed E-state index contributed by atoms with van der Waals surface area (Å²) in [5.74, 6) is 0.649. The van der Waals surface area contributed by atoms with Crippen molar-refractivity contribution in [3.8, 4) is 0 Å². The molecule has 1 aliphatic heterocycles. The molecule has 0 spiro atoms. The lowest BCUT2D eigenvalue weighted by atomic mass is 10.1. The summed E-state index contributed by atoms with van der Waals surface area (Å²) in [6, 6.07) is 9.97. The summed E-state index contributed by atoms with van der Waals surface area (Å²) >= 11 is 0. The van der Waals surface area contributed by atoms with Gasteiger partial charge in [0.15, 0.2) is 0 Å². The molecule has 0 saturated carbocycles. The van der Waals surface area contributed by atoms with Crippen LogP contribution >= 0.6 is 0 Å². The Hall–Kier alpha value is -2.43. The monoisotopic (exact) mass is 324 g/mol. The molecule has 3 rings (SSSR count). The molecule has 0 atom stereocenters. The van der Waals surface area contributed by atoms with E-state index in [4.69, 9.17) is 0 Å². The van der Waals surface area contributed by atoms with Crippen molar-refractivity contribution in [1.82, 2.24) is 14.9 Å². The molecule has 5 nitrogen and oxygen atoms in total. The lowest BCUT2D eigenvalue weighted by Crippen LogP contribution is -2.32. The van der Waals surface area contributed by atoms with Crippen molar-refractivity contribution in [3.63, 3.8) is 0 Å². The Morgan fingerprint density at radius 1 is 1.08 bits per heavy atom. The SMILES string of the molecule is CCc1ccc(Nc2cc(C(=O)N3CCCCCC3)ncn2)cc1. The average Bonchev–Trinajstić information content (AvgIpc) is 2.91. The zero-order chi connectivity index (χ0) is 16.8. The number of aromatic nitrogens is 2. The summed E-state index contributed by atoms with van der Waals surface area (Å²) in [5.41, 5.74) is 2.71. The van der Waals surface area contributed by atoms with Crippen molar-refractivity contribution in [2.45, 2.75) is 39.0 Å². The van der Waals surface area contributed by atoms with E-state index in [9.17, 15) is 4.79 Å². The van der Waals surface area contributed by atoms with Crippen LogP contribution in [-0.2, 0) is 6.42 Å². The molecule has 126 valence electrons. The molecule has 1 aromatic carbocycles. The van der Waals surface area contributed by atoms with E-state index >= 15 is 0 Å². The summed E-state index contributed by atoms with van der Waals surface area (Å²) in [7, 11) is 0. The van der Waals surface area contributed by atoms with Crippen LogP contribution in [0.1, 0.15) is 48.7 Å². The van der Waals surface area contributed by atoms with Crippen LogP contribution in [0.15, 0.2) is 36.7 Å². The summed E-state index contributed by atoms with van der Waals surface area (Å²) in [6.45, 7) is 3.78. The minimum absolute atomic E-state index is 0.00341. The van der Waals surface area contributed by atoms with E-state index in [1.807, 2.05) is 17.0 Å². The summed E-state index contributed by atoms with van der Waals surface area (Å²) < 4.78 is 0. The van der Waals surface area contributed by atoms with Crippen molar-refractivity contribution in [3.05, 3.63) is 47.9 Å². The number of hydrogen-bond acceptors (Lipinski definition) is 4. The third-order valence-electron chi connectivity index (χ3n) is 4.41. The molecule has 1 aliphatic rings. The minimum Gasteiger partial charge on any atom is -0.340 e. The third-order valence-corrected chi connectivity index (χ3v) is 4.41. The standard InChI is InChI=1S/C19H24N4O/c1-2-15-7-9-16(10-8-15)22-18-13-17(20-14-21-18)19(24)23-11-5-3-4-6-12-23/h7-10,13-14H,2-6,11-12H2,1H3,(H,20,21,22). The van der Waals surface area contributed by atoms with Gasteiger partial charge in [-0.2, -0.15) is 0 Å². The van der Waals surface area contributed by atoms with Gasteiger partial charge < -0.3 is 10.2 Å². The maximum atomic E-state index is 12.6. The summed E-state index contributed by atoms with van der Waals surface area (Å²) in [4.78, 5) is 23.0. The number of anilines is 2. The number of carbonyl (C=O) groups excluding carboxylic acids is 1. The third kappa shape index (κ3) is 4.10. The first-order chi connectivity index (χ1) is 11.8. The maximum absolute atomic E-state index is 12.6. The molecule has 5 heteroatoms. The van der Waals surface area contributed by atoms with Crippen LogP contribution in [0.2, 0.25) is 0 Å². The topological polar surface area (TPSA) is 58.1 Å². The molecule has 2 heterocycles. The van der Waals surface area contributed by atoms with E-state index in [1.165, 1.54) is 24.7 Å². The summed E-state index contributed by atoms with van der Waals surface area (Å²) in [5, 5.41) is 3.24. The largest absolute Gasteiger partial charge is 0.340 e. The van der Waals surface area contributed by atoms with Crippen molar-refractivity contribution < 1.29 is 4.79 Å². The van der Waals surface area contributed by atoms with Gasteiger partial charge in [0.2, 0.25) is 0 Å². The minimum atomic E-state index is 0.00341. The number of nitrogens with zero attached hydrogens (tertiary/aromatic N) is 3. The average molecular weight is 324 g/mol. The van der Waals surface area contributed by atoms with Crippen LogP contribution in [0.3, 0.4) is 0 Å². The Kier molecular flexibility index (Phi) is 5.41. The van der Waals surface area contributed by atoms with Gasteiger partial charge in [0, 0.05) is 24.8 Å². The molecule has 0 radical (unpaired) electrons. The molecular formula is C19H24N4O. The quantitative estimate of drug-likeness (QED) is 0.929. The second kappa shape index (κ2) is 7.90. The van der Waals surface area contributed by atoms with E-state index in [-0.39, 0.29) is 5.91 Å². The molecule has 0 aliphatic carbocycles. The second-order valence-electron chi connectivity index (χ2n) is 6.17. The number of amides is 1. The lowest BCUT2D eigenvalue weighted by Gasteiger charge is -2.19. The first-order valence-electron chi connectivity index (χ1n) is 8.73. The fraction of sp³-hybridized carbons (Fsp3) is 0.421. The van der Waals surface area contributed by atoms with Crippen LogP contribution < -0.4 is 5.32 Å². The zero-order valence-corrected chi connectivity index (χ0v) is 14.2. The van der Waals surface area contributed by atoms with Gasteiger partial charge >= 0.3 is 0 Å². The number of likely N-dealkylation sites (tertiary alicyclic amines) is 1. The molecular weight excluding hydrogens is 300 g/mol. The number of benzene rings is 1. The van der Waals surface area contributed by atoms with E-state index < -0.39 is 0 Å². The first kappa shape index (κ1) is 16.4. The molecule has 2 aromatic rings. The maximum Gasteiger partial charge on any atom is 0.272 e. The Labute approximate surface area is 143 Å². The first-order valence-corrected chi connectivity index (χ1v) is 8.73. The van der Waals surface area contributed by atoms with Crippen molar-refractivity contribution in [2.75, 3.05) is 18.4 Å². The molecule has 0 bridgehead atoms. The van der Waals surface area contributed by atoms with Crippen molar-refractivity contribution in [1.29, 1.82) is 0 Å². The Balaban J connectivity index is 1.71. The zero-order valence-electron chi connectivity index (χ0n) is 14.2. The normalized spacial score (nSPS) is 15.0. The molecule has 24 heavy (non-hydrogen) atoms. The fourth-order valence-corrected chi connectivity index (χ4v) is 2.95. The van der Waals surface area contributed by atoms with Crippen LogP contribution in [-0.4, -0.2) is 33.9 Å². The van der Waals surface area contributed by atoms with Crippen LogP contribution in [0.25, 0.3) is 0 Å². The number of rotatable bonds is 4. The van der Waals surface area contributed by atoms with Gasteiger partial charge in [-0.05, 0) is 37.0 Å². The van der Waals surface area contributed by atoms with Crippen molar-refractivity contribution >= 4 is 17.4 Å². The Morgan fingerprint density at radius 2 is 1.79 bits per heavy atom. The lowest BCUT2D eigenvalue weighted by molar-refractivity contribution is 0.0755. The van der Waals surface area contributed by atoms with Crippen molar-refractivity contribution in [2.24, 2.45) is 0 Å². The molecule has 1 amide bonds. The van der Waals surface area contributed by atoms with Gasteiger partial charge in [0.1, 0.15) is 17.8 Å². The van der Waals surface area contributed by atoms with E-state index in [0.29, 0.717) is 11.5 Å². The highest BCUT2D eigenvalue weighted by Crippen LogP contribution is 2.17. The molecule has 1 fully saturated rings. The van der Waals surface area contributed by atoms with Gasteiger partial charge in [0.25, 0.3) is 5.91 Å². The van der Waals surface area contributed by atoms with Gasteiger partial charge in [0.05, 0.1) is 0 Å². The highest BCUT2D eigenvalue weighted by Gasteiger charge is 2.18. The molecule has 1 N–H and O–H groups in total. The fourth-order valence-electron chi connectivity index (χ4n) is 2.95. The molecule has 0 unspecified atom stereocenters. The number of hydrogen-bond donors (Lipinski definition) is 1. The molecule has 1 aromatic heterocycles. The van der Waals surface area contributed by atoms with Crippen LogP contribution in [0, 0.1) is 0 Å². The van der Waals surface area contributed by atoms with E-state index in [0.717, 1.165) is 38.0 Å². The Bertz CT molecular complexity index is 676. The Morgan fingerprint density at radius 3 is 2.46 bits per heavy atom. The van der Waals surface area contributed by atoms with E-state index in [1.54, 1.807) is 6.07 Å². The number of carbonyl (C=O) groups is 1. The predicted molar refractivity (Wildman–Crippen MR) is 95.5 cm³/mol. The highest BCUT2D eigenvalue weighted by molar-refractivity contribution is 5.93. The number of nitrogens with one attached hydrogen (secondary N) is 1. The second-order valence-corrected chi connectivity index (χ2v) is 6.17. The van der Waals surface area contributed by atoms with Gasteiger partial charge in [-0.15, -0.1) is 0 Å². The van der Waals surface area contributed by atoms with Gasteiger partial charge in [-0.3, -0.25) is 4.79 Å². The van der Waals surface area contributed by atoms with E-state index in [2.05, 4.69) is 34.3 Å². The summed E-state index contributed by atoms with van der Waals surface area (Å²) in [6.07, 6.45) is 7.02. The highest BCUT2D eigenvalue weighted by atomic mass is 16.2. The van der Waals surface area contributed by atoms with Gasteiger partial charge in [-0.1, -0.05) is 31.9 Å². The predicted octanol–water partition coefficient (Wildman–Crippen LogP) is 3.80. The van der Waals surface area contributed by atoms with Crippen LogP contribution in [0.5, 0.6) is 0 Å². The smallest absolute Gasteiger partial charge is 0.272 e. The van der Waals surface area contributed by atoms with Gasteiger partial charge in [-0.25, -0.2) is 9.97 Å². The van der Waals surface area contributed by atoms with Crippen LogP contribution in [0.4, 0.5) is 11.5 Å². The molecule has 1 saturated heterocycles.